The van der Waals surface area contributed by atoms with E-state index in [0.29, 0.717) is 26.2 Å². The van der Waals surface area contributed by atoms with Crippen molar-refractivity contribution in [2.24, 2.45) is 0 Å². The SMILES string of the molecule is CC(C)c1ccccc1NC(=O)CN1CCN(C(=O)c2cccc(C(F)(F)F)c2)CC1. The number of carbonyl (C=O) groups excluding carboxylic acids is 2. The first-order chi connectivity index (χ1) is 14.6. The third kappa shape index (κ3) is 5.85. The average Bonchev–Trinajstić information content (AvgIpc) is 2.73. The van der Waals surface area contributed by atoms with E-state index in [1.54, 1.807) is 0 Å². The highest BCUT2D eigenvalue weighted by Gasteiger charge is 2.31. The molecule has 2 amide bonds. The summed E-state index contributed by atoms with van der Waals surface area (Å²) in [5, 5.41) is 2.95. The highest BCUT2D eigenvalue weighted by atomic mass is 19.4. The standard InChI is InChI=1S/C23H26F3N3O2/c1-16(2)19-8-3-4-9-20(19)27-21(30)15-28-10-12-29(13-11-28)22(31)17-6-5-7-18(14-17)23(24,25)26/h3-9,14,16H,10-13,15H2,1-2H3,(H,27,30). The van der Waals surface area contributed by atoms with Gasteiger partial charge in [-0.1, -0.05) is 38.1 Å². The summed E-state index contributed by atoms with van der Waals surface area (Å²) in [6.07, 6.45) is -4.49. The number of hydrogen-bond donors (Lipinski definition) is 1. The maximum Gasteiger partial charge on any atom is 0.416 e. The number of hydrogen-bond acceptors (Lipinski definition) is 3. The number of nitrogens with zero attached hydrogens (tertiary/aromatic N) is 2. The predicted octanol–water partition coefficient (Wildman–Crippen LogP) is 4.23. The van der Waals surface area contributed by atoms with Gasteiger partial charge in [0.05, 0.1) is 12.1 Å². The molecular formula is C23H26F3N3O2. The maximum atomic E-state index is 12.9. The Balaban J connectivity index is 1.54. The summed E-state index contributed by atoms with van der Waals surface area (Å²) in [4.78, 5) is 28.6. The lowest BCUT2D eigenvalue weighted by Gasteiger charge is -2.34. The van der Waals surface area contributed by atoms with E-state index < -0.39 is 17.6 Å². The molecule has 0 spiro atoms. The lowest BCUT2D eigenvalue weighted by atomic mass is 10.0. The van der Waals surface area contributed by atoms with Crippen LogP contribution in [0.2, 0.25) is 0 Å². The molecule has 1 aliphatic heterocycles. The second-order valence-electron chi connectivity index (χ2n) is 7.94. The second kappa shape index (κ2) is 9.51. The van der Waals surface area contributed by atoms with Crippen molar-refractivity contribution < 1.29 is 22.8 Å². The number of amides is 2. The summed E-state index contributed by atoms with van der Waals surface area (Å²) in [6.45, 7) is 5.97. The number of piperazine rings is 1. The lowest BCUT2D eigenvalue weighted by molar-refractivity contribution is -0.137. The van der Waals surface area contributed by atoms with E-state index >= 15 is 0 Å². The van der Waals surface area contributed by atoms with E-state index in [2.05, 4.69) is 19.2 Å². The molecule has 0 bridgehead atoms. The normalized spacial score (nSPS) is 15.2. The Morgan fingerprint density at radius 3 is 2.32 bits per heavy atom. The van der Waals surface area contributed by atoms with Gasteiger partial charge in [-0.15, -0.1) is 0 Å². The van der Waals surface area contributed by atoms with Crippen LogP contribution in [0.4, 0.5) is 18.9 Å². The molecule has 5 nitrogen and oxygen atoms in total. The molecule has 2 aromatic carbocycles. The van der Waals surface area contributed by atoms with Crippen molar-refractivity contribution >= 4 is 17.5 Å². The van der Waals surface area contributed by atoms with Gasteiger partial charge in [-0.3, -0.25) is 14.5 Å². The zero-order chi connectivity index (χ0) is 22.6. The summed E-state index contributed by atoms with van der Waals surface area (Å²) >= 11 is 0. The largest absolute Gasteiger partial charge is 0.416 e. The van der Waals surface area contributed by atoms with Gasteiger partial charge in [0.15, 0.2) is 0 Å². The topological polar surface area (TPSA) is 52.7 Å². The molecule has 0 aromatic heterocycles. The molecule has 1 aliphatic rings. The van der Waals surface area contributed by atoms with Gasteiger partial charge in [0.25, 0.3) is 5.91 Å². The van der Waals surface area contributed by atoms with Gasteiger partial charge < -0.3 is 10.2 Å². The number of anilines is 1. The molecule has 0 atom stereocenters. The lowest BCUT2D eigenvalue weighted by Crippen LogP contribution is -2.50. The number of halogens is 3. The molecule has 1 saturated heterocycles. The van der Waals surface area contributed by atoms with E-state index in [1.165, 1.54) is 17.0 Å². The van der Waals surface area contributed by atoms with Crippen LogP contribution in [-0.4, -0.2) is 54.3 Å². The first-order valence-corrected chi connectivity index (χ1v) is 10.2. The highest BCUT2D eigenvalue weighted by Crippen LogP contribution is 2.30. The van der Waals surface area contributed by atoms with Gasteiger partial charge in [0.1, 0.15) is 0 Å². The number of para-hydroxylation sites is 1. The monoisotopic (exact) mass is 433 g/mol. The van der Waals surface area contributed by atoms with Crippen LogP contribution in [0, 0.1) is 0 Å². The van der Waals surface area contributed by atoms with Crippen molar-refractivity contribution in [1.82, 2.24) is 9.80 Å². The van der Waals surface area contributed by atoms with Gasteiger partial charge in [-0.25, -0.2) is 0 Å². The van der Waals surface area contributed by atoms with Crippen LogP contribution in [0.25, 0.3) is 0 Å². The van der Waals surface area contributed by atoms with Crippen LogP contribution in [0.5, 0.6) is 0 Å². The molecule has 2 aromatic rings. The molecule has 1 heterocycles. The molecule has 0 radical (unpaired) electrons. The molecule has 0 saturated carbocycles. The summed E-state index contributed by atoms with van der Waals surface area (Å²) in [5.41, 5.74) is 1.04. The Hall–Kier alpha value is -2.87. The minimum Gasteiger partial charge on any atom is -0.336 e. The summed E-state index contributed by atoms with van der Waals surface area (Å²) in [6, 6.07) is 12.1. The zero-order valence-electron chi connectivity index (χ0n) is 17.6. The van der Waals surface area contributed by atoms with E-state index in [0.717, 1.165) is 23.4 Å². The number of nitrogens with one attached hydrogen (secondary N) is 1. The molecule has 31 heavy (non-hydrogen) atoms. The molecule has 3 rings (SSSR count). The first kappa shape index (κ1) is 22.8. The maximum absolute atomic E-state index is 12.9. The Morgan fingerprint density at radius 1 is 1.00 bits per heavy atom. The van der Waals surface area contributed by atoms with E-state index in [4.69, 9.17) is 0 Å². The van der Waals surface area contributed by atoms with Crippen LogP contribution in [-0.2, 0) is 11.0 Å². The molecule has 1 fully saturated rings. The average molecular weight is 433 g/mol. The minimum absolute atomic E-state index is 0.0197. The fourth-order valence-electron chi connectivity index (χ4n) is 3.63. The zero-order valence-corrected chi connectivity index (χ0v) is 17.6. The van der Waals surface area contributed by atoms with E-state index in [1.807, 2.05) is 29.2 Å². The first-order valence-electron chi connectivity index (χ1n) is 10.2. The van der Waals surface area contributed by atoms with Crippen molar-refractivity contribution in [3.05, 3.63) is 65.2 Å². The second-order valence-corrected chi connectivity index (χ2v) is 7.94. The van der Waals surface area contributed by atoms with Gasteiger partial charge in [0, 0.05) is 37.4 Å². The summed E-state index contributed by atoms with van der Waals surface area (Å²) < 4.78 is 38.7. The third-order valence-electron chi connectivity index (χ3n) is 5.32. The number of carbonyl (C=O) groups is 2. The van der Waals surface area contributed by atoms with Crippen molar-refractivity contribution in [3.63, 3.8) is 0 Å². The van der Waals surface area contributed by atoms with Crippen molar-refractivity contribution in [2.45, 2.75) is 25.9 Å². The molecule has 8 heteroatoms. The Labute approximate surface area is 179 Å². The number of rotatable bonds is 5. The fourth-order valence-corrected chi connectivity index (χ4v) is 3.63. The smallest absolute Gasteiger partial charge is 0.336 e. The van der Waals surface area contributed by atoms with Crippen LogP contribution in [0.3, 0.4) is 0 Å². The van der Waals surface area contributed by atoms with E-state index in [9.17, 15) is 22.8 Å². The number of benzene rings is 2. The van der Waals surface area contributed by atoms with Gasteiger partial charge in [0.2, 0.25) is 5.91 Å². The summed E-state index contributed by atoms with van der Waals surface area (Å²) in [5.74, 6) is -0.284. The van der Waals surface area contributed by atoms with Crippen LogP contribution in [0.1, 0.15) is 41.3 Å². The van der Waals surface area contributed by atoms with Crippen molar-refractivity contribution in [1.29, 1.82) is 0 Å². The Morgan fingerprint density at radius 2 is 1.68 bits per heavy atom. The van der Waals surface area contributed by atoms with Crippen LogP contribution < -0.4 is 5.32 Å². The van der Waals surface area contributed by atoms with Crippen molar-refractivity contribution in [2.75, 3.05) is 38.0 Å². The van der Waals surface area contributed by atoms with Crippen LogP contribution >= 0.6 is 0 Å². The van der Waals surface area contributed by atoms with Crippen LogP contribution in [0.15, 0.2) is 48.5 Å². The predicted molar refractivity (Wildman–Crippen MR) is 113 cm³/mol. The molecular weight excluding hydrogens is 407 g/mol. The molecule has 166 valence electrons. The van der Waals surface area contributed by atoms with Crippen molar-refractivity contribution in [3.8, 4) is 0 Å². The number of alkyl halides is 3. The quantitative estimate of drug-likeness (QED) is 0.768. The highest BCUT2D eigenvalue weighted by molar-refractivity contribution is 5.95. The minimum atomic E-state index is -4.49. The Kier molecular flexibility index (Phi) is 7.00. The molecule has 1 N–H and O–H groups in total. The molecule has 0 unspecified atom stereocenters. The van der Waals surface area contributed by atoms with E-state index in [-0.39, 0.29) is 23.9 Å². The molecule has 0 aliphatic carbocycles. The van der Waals surface area contributed by atoms with Gasteiger partial charge in [-0.05, 0) is 35.7 Å². The van der Waals surface area contributed by atoms with Gasteiger partial charge in [-0.2, -0.15) is 13.2 Å². The summed E-state index contributed by atoms with van der Waals surface area (Å²) in [7, 11) is 0. The fraction of sp³-hybridized carbons (Fsp3) is 0.391. The van der Waals surface area contributed by atoms with Gasteiger partial charge >= 0.3 is 6.18 Å². The third-order valence-corrected chi connectivity index (χ3v) is 5.32. The Bertz CT molecular complexity index is 936.